The summed E-state index contributed by atoms with van der Waals surface area (Å²) in [4.78, 5) is 37.8. The molecule has 1 amide bonds. The number of carbonyl (C=O) groups is 1. The predicted molar refractivity (Wildman–Crippen MR) is 172 cm³/mol. The molecule has 44 heavy (non-hydrogen) atoms. The Labute approximate surface area is 259 Å². The van der Waals surface area contributed by atoms with Crippen LogP contribution in [0.25, 0.3) is 11.1 Å². The molecule has 1 aromatic carbocycles. The van der Waals surface area contributed by atoms with Gasteiger partial charge in [0.25, 0.3) is 11.5 Å². The summed E-state index contributed by atoms with van der Waals surface area (Å²) in [5.41, 5.74) is 6.53. The third-order valence-corrected chi connectivity index (χ3v) is 10.6. The van der Waals surface area contributed by atoms with Crippen molar-refractivity contribution in [1.29, 1.82) is 0 Å². The smallest absolute Gasteiger partial charge is 0.274 e. The Balaban J connectivity index is 1.24. The third kappa shape index (κ3) is 5.04. The molecule has 0 atom stereocenters. The second kappa shape index (κ2) is 11.6. The molecule has 0 bridgehead atoms. The van der Waals surface area contributed by atoms with E-state index in [1.54, 1.807) is 35.5 Å². The van der Waals surface area contributed by atoms with Crippen LogP contribution in [0.3, 0.4) is 0 Å². The summed E-state index contributed by atoms with van der Waals surface area (Å²) >= 11 is 1.58. The van der Waals surface area contributed by atoms with Gasteiger partial charge in [0, 0.05) is 61.0 Å². The minimum atomic E-state index is -0.517. The first-order valence-electron chi connectivity index (χ1n) is 15.4. The number of aliphatic hydroxyl groups is 1. The summed E-state index contributed by atoms with van der Waals surface area (Å²) < 4.78 is 16.8. The zero-order chi connectivity index (χ0) is 30.5. The van der Waals surface area contributed by atoms with Crippen molar-refractivity contribution in [2.45, 2.75) is 58.6 Å². The molecule has 4 aromatic rings. The molecule has 10 heteroatoms. The number of anilines is 3. The zero-order valence-electron chi connectivity index (χ0n) is 25.1. The minimum absolute atomic E-state index is 0.139. The maximum Gasteiger partial charge on any atom is 0.274 e. The molecule has 228 valence electrons. The van der Waals surface area contributed by atoms with E-state index in [9.17, 15) is 14.7 Å². The molecule has 0 saturated heterocycles. The minimum Gasteiger partial charge on any atom is -0.392 e. The Morgan fingerprint density at radius 1 is 1.05 bits per heavy atom. The molecule has 0 saturated carbocycles. The average molecular weight is 614 g/mol. The number of pyridine rings is 2. The monoisotopic (exact) mass is 613 g/mol. The van der Waals surface area contributed by atoms with Crippen LogP contribution in [-0.2, 0) is 45.9 Å². The topological polar surface area (TPSA) is 90.7 Å². The van der Waals surface area contributed by atoms with E-state index in [1.165, 1.54) is 32.7 Å². The lowest BCUT2D eigenvalue weighted by Gasteiger charge is -2.30. The summed E-state index contributed by atoms with van der Waals surface area (Å²) in [6.07, 6.45) is 7.49. The summed E-state index contributed by atoms with van der Waals surface area (Å²) in [5.74, 6) is -0.0870. The van der Waals surface area contributed by atoms with E-state index in [0.717, 1.165) is 67.9 Å². The fraction of sp³-hybridized carbons (Fsp3) is 0.382. The first kappa shape index (κ1) is 28.9. The van der Waals surface area contributed by atoms with E-state index < -0.39 is 12.4 Å². The SMILES string of the molecule is CCN1CCc2nc(Nc3cc(-c4cc(F)cc(N5CCc6c(sc7c6CCCC7)C5=O)c4CO)cn(C)c3=O)ccc2C1. The third-order valence-electron chi connectivity index (χ3n) is 9.28. The van der Waals surface area contributed by atoms with Crippen LogP contribution in [0.15, 0.2) is 41.3 Å². The highest BCUT2D eigenvalue weighted by atomic mass is 32.1. The lowest BCUT2D eigenvalue weighted by Crippen LogP contribution is -2.37. The first-order valence-corrected chi connectivity index (χ1v) is 16.2. The number of hydrogen-bond donors (Lipinski definition) is 2. The fourth-order valence-electron chi connectivity index (χ4n) is 6.93. The Morgan fingerprint density at radius 3 is 2.70 bits per heavy atom. The number of carbonyl (C=O) groups excluding carboxylic acids is 1. The van der Waals surface area contributed by atoms with Crippen LogP contribution >= 0.6 is 11.3 Å². The van der Waals surface area contributed by atoms with Crippen LogP contribution < -0.4 is 15.8 Å². The van der Waals surface area contributed by atoms with Crippen LogP contribution in [0, 0.1) is 5.82 Å². The number of rotatable bonds is 6. The van der Waals surface area contributed by atoms with E-state index in [0.29, 0.717) is 46.8 Å². The van der Waals surface area contributed by atoms with Crippen LogP contribution in [0.4, 0.5) is 21.6 Å². The predicted octanol–water partition coefficient (Wildman–Crippen LogP) is 5.34. The van der Waals surface area contributed by atoms with Gasteiger partial charge in [-0.2, -0.15) is 0 Å². The van der Waals surface area contributed by atoms with Gasteiger partial charge in [-0.1, -0.05) is 13.0 Å². The maximum absolute atomic E-state index is 15.3. The lowest BCUT2D eigenvalue weighted by molar-refractivity contribution is 0.0984. The van der Waals surface area contributed by atoms with E-state index in [-0.39, 0.29) is 11.5 Å². The van der Waals surface area contributed by atoms with Crippen LogP contribution in [0.2, 0.25) is 0 Å². The van der Waals surface area contributed by atoms with E-state index >= 15 is 4.39 Å². The summed E-state index contributed by atoms with van der Waals surface area (Å²) in [7, 11) is 1.64. The summed E-state index contributed by atoms with van der Waals surface area (Å²) in [5, 5.41) is 13.8. The number of likely N-dealkylation sites (N-methyl/N-ethyl adjacent to an activating group) is 1. The number of amides is 1. The normalized spacial score (nSPS) is 16.5. The van der Waals surface area contributed by atoms with Crippen molar-refractivity contribution in [1.82, 2.24) is 14.5 Å². The molecule has 1 aliphatic carbocycles. The molecule has 2 N–H and O–H groups in total. The number of nitrogens with one attached hydrogen (secondary N) is 1. The highest BCUT2D eigenvalue weighted by Gasteiger charge is 2.33. The van der Waals surface area contributed by atoms with Gasteiger partial charge in [0.05, 0.1) is 17.2 Å². The molecule has 3 aromatic heterocycles. The highest BCUT2D eigenvalue weighted by molar-refractivity contribution is 7.14. The molecular formula is C34H36FN5O3S. The standard InChI is InChI=1S/C34H36FN5O3S/c1-3-39-12-11-27-20(18-39)8-9-31(36-27)37-28-14-21(17-38(2)33(28)42)25-15-22(35)16-29(26(25)19-41)40-13-10-24-23-6-4-5-7-30(23)44-32(24)34(40)43/h8-9,14-17,41H,3-7,10-13,18-19H2,1-2H3,(H,36,37). The Bertz CT molecular complexity index is 1850. The molecule has 0 spiro atoms. The number of thiophene rings is 1. The van der Waals surface area contributed by atoms with E-state index in [2.05, 4.69) is 23.2 Å². The van der Waals surface area contributed by atoms with Crippen molar-refractivity contribution in [3.8, 4) is 11.1 Å². The van der Waals surface area contributed by atoms with Crippen molar-refractivity contribution in [3.63, 3.8) is 0 Å². The Kier molecular flexibility index (Phi) is 7.60. The number of aliphatic hydroxyl groups excluding tert-OH is 1. The average Bonchev–Trinajstić information content (AvgIpc) is 3.42. The van der Waals surface area contributed by atoms with Crippen LogP contribution in [0.1, 0.15) is 62.3 Å². The zero-order valence-corrected chi connectivity index (χ0v) is 25.9. The second-order valence-electron chi connectivity index (χ2n) is 11.9. The number of fused-ring (bicyclic) bond motifs is 4. The highest BCUT2D eigenvalue weighted by Crippen LogP contribution is 2.41. The fourth-order valence-corrected chi connectivity index (χ4v) is 8.32. The van der Waals surface area contributed by atoms with Gasteiger partial charge in [0.1, 0.15) is 17.3 Å². The molecule has 3 aliphatic rings. The Morgan fingerprint density at radius 2 is 1.89 bits per heavy atom. The van der Waals surface area contributed by atoms with Crippen molar-refractivity contribution in [2.75, 3.05) is 29.9 Å². The molecule has 7 rings (SSSR count). The van der Waals surface area contributed by atoms with Gasteiger partial charge in [0.15, 0.2) is 0 Å². The number of benzene rings is 1. The molecule has 5 heterocycles. The van der Waals surface area contributed by atoms with Crippen molar-refractivity contribution >= 4 is 34.4 Å². The van der Waals surface area contributed by atoms with E-state index in [4.69, 9.17) is 4.98 Å². The maximum atomic E-state index is 15.3. The van der Waals surface area contributed by atoms with Gasteiger partial charge >= 0.3 is 0 Å². The lowest BCUT2D eigenvalue weighted by atomic mass is 9.91. The molecule has 8 nitrogen and oxygen atoms in total. The summed E-state index contributed by atoms with van der Waals surface area (Å²) in [6, 6.07) is 8.29. The largest absolute Gasteiger partial charge is 0.392 e. The number of nitrogens with zero attached hydrogens (tertiary/aromatic N) is 4. The summed E-state index contributed by atoms with van der Waals surface area (Å²) in [6.45, 7) is 4.97. The van der Waals surface area contributed by atoms with Crippen LogP contribution in [0.5, 0.6) is 0 Å². The molecule has 2 aliphatic heterocycles. The molecular weight excluding hydrogens is 577 g/mol. The van der Waals surface area contributed by atoms with Gasteiger partial charge in [0.2, 0.25) is 0 Å². The van der Waals surface area contributed by atoms with Gasteiger partial charge in [-0.15, -0.1) is 11.3 Å². The number of aromatic nitrogens is 2. The van der Waals surface area contributed by atoms with Gasteiger partial charge < -0.3 is 19.9 Å². The van der Waals surface area contributed by atoms with Crippen molar-refractivity contribution < 1.29 is 14.3 Å². The molecule has 0 unspecified atom stereocenters. The molecule has 0 radical (unpaired) electrons. The number of halogens is 1. The van der Waals surface area contributed by atoms with Crippen molar-refractivity contribution in [3.05, 3.63) is 90.4 Å². The number of aryl methyl sites for hydroxylation is 2. The van der Waals surface area contributed by atoms with E-state index in [1.807, 2.05) is 6.07 Å². The number of hydrogen-bond acceptors (Lipinski definition) is 7. The van der Waals surface area contributed by atoms with Crippen LogP contribution in [-0.4, -0.2) is 45.1 Å². The van der Waals surface area contributed by atoms with Gasteiger partial charge in [-0.25, -0.2) is 9.37 Å². The Hall–Kier alpha value is -3.86. The first-order chi connectivity index (χ1) is 21.3. The molecule has 0 fully saturated rings. The van der Waals surface area contributed by atoms with Gasteiger partial charge in [-0.05, 0) is 85.2 Å². The quantitative estimate of drug-likeness (QED) is 0.305. The second-order valence-corrected chi connectivity index (χ2v) is 13.0. The van der Waals surface area contributed by atoms with Crippen molar-refractivity contribution in [2.24, 2.45) is 7.05 Å². The van der Waals surface area contributed by atoms with Gasteiger partial charge in [-0.3, -0.25) is 14.5 Å².